The minimum Gasteiger partial charge on any atom is -0.394 e. The van der Waals surface area contributed by atoms with E-state index < -0.39 is 81.4 Å². The summed E-state index contributed by atoms with van der Waals surface area (Å²) < 4.78 is 35.9. The summed E-state index contributed by atoms with van der Waals surface area (Å²) in [6.07, 6.45) is -8.42. The zero-order valence-corrected chi connectivity index (χ0v) is 21.3. The van der Waals surface area contributed by atoms with E-state index in [1.807, 2.05) is 4.98 Å². The van der Waals surface area contributed by atoms with Crippen LogP contribution in [0.4, 0.5) is 5.82 Å². The van der Waals surface area contributed by atoms with Crippen LogP contribution in [0, 0.1) is 0 Å². The van der Waals surface area contributed by atoms with Crippen molar-refractivity contribution in [2.45, 2.75) is 49.1 Å². The molecule has 40 heavy (non-hydrogen) atoms. The van der Waals surface area contributed by atoms with E-state index in [-0.39, 0.29) is 23.1 Å². The Hall–Kier alpha value is -3.14. The Morgan fingerprint density at radius 2 is 1.75 bits per heavy atom. The van der Waals surface area contributed by atoms with Gasteiger partial charge in [-0.2, -0.15) is 0 Å². The number of aromatic nitrogens is 6. The SMILES string of the molecule is N.Nc1ncnc2c1ncn2C1OC(CO)C(OP(=O)(O)OCC2OC(n3ccc(=O)[nH]c3=O)C(O)C2O)C1O. The first-order valence-corrected chi connectivity index (χ1v) is 12.9. The lowest BCUT2D eigenvalue weighted by atomic mass is 10.1. The van der Waals surface area contributed by atoms with Crippen molar-refractivity contribution in [3.8, 4) is 0 Å². The Morgan fingerprint density at radius 1 is 1.05 bits per heavy atom. The number of nitrogen functional groups attached to an aromatic ring is 1. The summed E-state index contributed by atoms with van der Waals surface area (Å²) >= 11 is 0. The smallest absolute Gasteiger partial charge is 0.394 e. The number of nitrogens with one attached hydrogen (secondary N) is 1. The Morgan fingerprint density at radius 3 is 2.45 bits per heavy atom. The molecule has 2 fully saturated rings. The van der Waals surface area contributed by atoms with Gasteiger partial charge in [0, 0.05) is 12.3 Å². The topological polar surface area (TPSA) is 315 Å². The van der Waals surface area contributed by atoms with E-state index in [0.29, 0.717) is 0 Å². The monoisotopic (exact) mass is 590 g/mol. The second-order valence-electron chi connectivity index (χ2n) is 8.72. The van der Waals surface area contributed by atoms with Crippen molar-refractivity contribution in [2.75, 3.05) is 18.9 Å². The van der Waals surface area contributed by atoms with Crippen molar-refractivity contribution >= 4 is 24.8 Å². The highest BCUT2D eigenvalue weighted by Crippen LogP contribution is 2.49. The maximum Gasteiger partial charge on any atom is 0.472 e. The molecule has 2 aliphatic heterocycles. The van der Waals surface area contributed by atoms with Gasteiger partial charge in [-0.25, -0.2) is 24.3 Å². The minimum atomic E-state index is -5.01. The number of hydrogen-bond donors (Lipinski definition) is 8. The van der Waals surface area contributed by atoms with E-state index in [9.17, 15) is 39.5 Å². The average molecular weight is 590 g/mol. The van der Waals surface area contributed by atoms with Crippen LogP contribution in [0.5, 0.6) is 0 Å². The predicted molar refractivity (Wildman–Crippen MR) is 130 cm³/mol. The lowest BCUT2D eigenvalue weighted by molar-refractivity contribution is -0.0610. The highest BCUT2D eigenvalue weighted by Gasteiger charge is 2.50. The molecule has 5 rings (SSSR count). The third-order valence-corrected chi connectivity index (χ3v) is 7.26. The van der Waals surface area contributed by atoms with Gasteiger partial charge >= 0.3 is 13.5 Å². The van der Waals surface area contributed by atoms with E-state index >= 15 is 0 Å². The van der Waals surface area contributed by atoms with Crippen LogP contribution in [0.15, 0.2) is 34.5 Å². The van der Waals surface area contributed by atoms with Gasteiger partial charge in [0.05, 0.1) is 19.5 Å². The standard InChI is InChI=1S/C19H24N7O12P.H3N/c20-15-10-16(22-5-21-15)26(6-23-10)18-13(31)14(7(3-27)36-18)38-39(33,34)35-4-8-11(29)12(30)17(37-8)25-2-1-9(28)24-19(25)32;/h1-2,5-8,11-14,17-18,27,29-31H,3-4H2,(H,33,34)(H2,20,21,22)(H,24,28,32);1H3. The number of aromatic amines is 1. The van der Waals surface area contributed by atoms with Gasteiger partial charge in [-0.1, -0.05) is 0 Å². The van der Waals surface area contributed by atoms with E-state index in [0.717, 1.165) is 16.8 Å². The molecule has 3 aromatic heterocycles. The number of ether oxygens (including phenoxy) is 2. The molecule has 9 unspecified atom stereocenters. The number of nitrogens with zero attached hydrogens (tertiary/aromatic N) is 5. The molecular formula is C19H27N8O12P. The number of phosphoric acid groups is 1. The summed E-state index contributed by atoms with van der Waals surface area (Å²) in [6, 6.07) is 0.998. The van der Waals surface area contributed by atoms with Crippen molar-refractivity contribution in [1.82, 2.24) is 35.2 Å². The first-order chi connectivity index (χ1) is 18.5. The van der Waals surface area contributed by atoms with Gasteiger partial charge in [0.15, 0.2) is 23.9 Å². The first kappa shape index (κ1) is 29.8. The van der Waals surface area contributed by atoms with Crippen molar-refractivity contribution in [2.24, 2.45) is 0 Å². The molecule has 0 bridgehead atoms. The van der Waals surface area contributed by atoms with Crippen molar-refractivity contribution in [3.63, 3.8) is 0 Å². The number of aliphatic hydroxyl groups excluding tert-OH is 4. The highest BCUT2D eigenvalue weighted by molar-refractivity contribution is 7.47. The molecule has 2 saturated heterocycles. The van der Waals surface area contributed by atoms with E-state index in [2.05, 4.69) is 15.0 Å². The van der Waals surface area contributed by atoms with Gasteiger partial charge in [0.2, 0.25) is 0 Å². The number of rotatable bonds is 8. The summed E-state index contributed by atoms with van der Waals surface area (Å²) in [5, 5.41) is 41.2. The molecular weight excluding hydrogens is 563 g/mol. The van der Waals surface area contributed by atoms with Crippen LogP contribution in [0.2, 0.25) is 0 Å². The van der Waals surface area contributed by atoms with Crippen molar-refractivity contribution < 1.29 is 48.4 Å². The summed E-state index contributed by atoms with van der Waals surface area (Å²) in [5.41, 5.74) is 4.56. The number of fused-ring (bicyclic) bond motifs is 1. The first-order valence-electron chi connectivity index (χ1n) is 11.4. The number of anilines is 1. The Balaban J connectivity index is 0.00000370. The maximum atomic E-state index is 12.7. The molecule has 0 spiro atoms. The van der Waals surface area contributed by atoms with Gasteiger partial charge in [-0.15, -0.1) is 0 Å². The molecule has 21 heteroatoms. The van der Waals surface area contributed by atoms with E-state index in [4.69, 9.17) is 24.3 Å². The summed E-state index contributed by atoms with van der Waals surface area (Å²) in [7, 11) is -5.01. The highest BCUT2D eigenvalue weighted by atomic mass is 31.2. The van der Waals surface area contributed by atoms with Crippen LogP contribution >= 0.6 is 7.82 Å². The summed E-state index contributed by atoms with van der Waals surface area (Å²) in [5.74, 6) is 0.0695. The molecule has 0 amide bonds. The van der Waals surface area contributed by atoms with Gasteiger partial charge in [-0.3, -0.25) is 28.0 Å². The zero-order valence-electron chi connectivity index (χ0n) is 20.4. The molecule has 0 aliphatic carbocycles. The third-order valence-electron chi connectivity index (χ3n) is 6.27. The zero-order chi connectivity index (χ0) is 28.1. The number of imidazole rings is 1. The number of hydrogen-bond acceptors (Lipinski definition) is 16. The number of H-pyrrole nitrogens is 1. The number of nitrogens with two attached hydrogens (primary N) is 1. The Kier molecular flexibility index (Phi) is 8.49. The minimum absolute atomic E-state index is 0. The summed E-state index contributed by atoms with van der Waals surface area (Å²) in [4.78, 5) is 47.5. The van der Waals surface area contributed by atoms with Gasteiger partial charge < -0.3 is 46.7 Å². The normalized spacial score (nSPS) is 31.7. The van der Waals surface area contributed by atoms with Crippen LogP contribution in [0.3, 0.4) is 0 Å². The molecule has 3 aromatic rings. The second-order valence-corrected chi connectivity index (χ2v) is 10.1. The molecule has 9 atom stereocenters. The average Bonchev–Trinajstić information content (AvgIpc) is 3.53. The fourth-order valence-corrected chi connectivity index (χ4v) is 5.32. The molecule has 220 valence electrons. The number of phosphoric ester groups is 1. The molecule has 0 radical (unpaired) electrons. The van der Waals surface area contributed by atoms with Gasteiger partial charge in [-0.05, 0) is 0 Å². The van der Waals surface area contributed by atoms with Crippen molar-refractivity contribution in [1.29, 1.82) is 0 Å². The third kappa shape index (κ3) is 5.42. The Labute approximate surface area is 222 Å². The number of aliphatic hydroxyl groups is 4. The van der Waals surface area contributed by atoms with Crippen LogP contribution in [-0.4, -0.2) is 104 Å². The van der Waals surface area contributed by atoms with Crippen LogP contribution < -0.4 is 23.1 Å². The molecule has 0 saturated carbocycles. The maximum absolute atomic E-state index is 12.7. The summed E-state index contributed by atoms with van der Waals surface area (Å²) in [6.45, 7) is -1.51. The lowest BCUT2D eigenvalue weighted by Gasteiger charge is -2.23. The molecule has 20 nitrogen and oxygen atoms in total. The van der Waals surface area contributed by atoms with Crippen LogP contribution in [-0.2, 0) is 23.1 Å². The largest absolute Gasteiger partial charge is 0.472 e. The lowest BCUT2D eigenvalue weighted by Crippen LogP contribution is -2.37. The predicted octanol–water partition coefficient (Wildman–Crippen LogP) is -3.51. The fraction of sp³-hybridized carbons (Fsp3) is 0.526. The van der Waals surface area contributed by atoms with Crippen LogP contribution in [0.25, 0.3) is 11.2 Å². The molecule has 5 heterocycles. The van der Waals surface area contributed by atoms with E-state index in [1.165, 1.54) is 17.2 Å². The molecule has 2 aliphatic rings. The van der Waals surface area contributed by atoms with Crippen molar-refractivity contribution in [3.05, 3.63) is 45.8 Å². The van der Waals surface area contributed by atoms with Crippen LogP contribution in [0.1, 0.15) is 12.5 Å². The molecule has 11 N–H and O–H groups in total. The fourth-order valence-electron chi connectivity index (χ4n) is 4.36. The molecule has 0 aromatic carbocycles. The van der Waals surface area contributed by atoms with Gasteiger partial charge in [0.1, 0.15) is 48.5 Å². The van der Waals surface area contributed by atoms with E-state index in [1.54, 1.807) is 0 Å². The quantitative estimate of drug-likeness (QED) is 0.118. The Bertz CT molecular complexity index is 1510. The second kappa shape index (κ2) is 11.4. The van der Waals surface area contributed by atoms with Gasteiger partial charge in [0.25, 0.3) is 5.56 Å².